The average Bonchev–Trinajstić information content (AvgIpc) is 2.07. The summed E-state index contributed by atoms with van der Waals surface area (Å²) in [5.74, 6) is 0. The number of fused-ring (bicyclic) bond motifs is 1. The van der Waals surface area contributed by atoms with Gasteiger partial charge in [0.2, 0.25) is 0 Å². The molecule has 2 nitrogen and oxygen atoms in total. The van der Waals surface area contributed by atoms with E-state index in [9.17, 15) is 5.11 Å². The molecule has 2 N–H and O–H groups in total. The lowest BCUT2D eigenvalue weighted by atomic mass is 9.97. The van der Waals surface area contributed by atoms with Crippen LogP contribution in [-0.2, 0) is 6.42 Å². The monoisotopic (exact) mass is 163 g/mol. The number of anilines is 1. The van der Waals surface area contributed by atoms with E-state index in [1.807, 2.05) is 6.07 Å². The van der Waals surface area contributed by atoms with E-state index in [2.05, 4.69) is 24.4 Å². The van der Waals surface area contributed by atoms with Crippen molar-refractivity contribution in [2.24, 2.45) is 0 Å². The summed E-state index contributed by atoms with van der Waals surface area (Å²) in [7, 11) is 0. The standard InChI is InChI=1S/C10H13NO/c1-7-3-2-4-10-9(7)5-8(12)6-11-10/h2-4,8,11-12H,5-6H2,1H3. The predicted molar refractivity (Wildman–Crippen MR) is 49.4 cm³/mol. The van der Waals surface area contributed by atoms with E-state index >= 15 is 0 Å². The Balaban J connectivity index is 2.43. The Morgan fingerprint density at radius 2 is 2.33 bits per heavy atom. The van der Waals surface area contributed by atoms with Crippen molar-refractivity contribution in [3.05, 3.63) is 29.3 Å². The van der Waals surface area contributed by atoms with Crippen LogP contribution in [0.4, 0.5) is 5.69 Å². The third-order valence-corrected chi connectivity index (χ3v) is 2.38. The third kappa shape index (κ3) is 1.18. The first kappa shape index (κ1) is 7.62. The van der Waals surface area contributed by atoms with Gasteiger partial charge in [0.1, 0.15) is 0 Å². The van der Waals surface area contributed by atoms with Gasteiger partial charge in [-0.1, -0.05) is 12.1 Å². The van der Waals surface area contributed by atoms with Gasteiger partial charge < -0.3 is 10.4 Å². The molecule has 1 aliphatic rings. The van der Waals surface area contributed by atoms with Gasteiger partial charge in [0.15, 0.2) is 0 Å². The van der Waals surface area contributed by atoms with E-state index in [1.54, 1.807) is 0 Å². The van der Waals surface area contributed by atoms with Gasteiger partial charge in [-0.25, -0.2) is 0 Å². The summed E-state index contributed by atoms with van der Waals surface area (Å²) in [5.41, 5.74) is 3.70. The van der Waals surface area contributed by atoms with Crippen molar-refractivity contribution in [2.75, 3.05) is 11.9 Å². The SMILES string of the molecule is Cc1cccc2c1CC(O)CN2. The number of β-amino-alcohol motifs (C(OH)–C–C–N with tert-alkyl or cyclic N) is 1. The fourth-order valence-electron chi connectivity index (χ4n) is 1.67. The molecule has 64 valence electrons. The Morgan fingerprint density at radius 1 is 1.50 bits per heavy atom. The van der Waals surface area contributed by atoms with E-state index in [0.29, 0.717) is 6.54 Å². The highest BCUT2D eigenvalue weighted by atomic mass is 16.3. The van der Waals surface area contributed by atoms with Crippen LogP contribution < -0.4 is 5.32 Å². The Morgan fingerprint density at radius 3 is 3.17 bits per heavy atom. The molecule has 12 heavy (non-hydrogen) atoms. The molecule has 2 rings (SSSR count). The lowest BCUT2D eigenvalue weighted by Gasteiger charge is -2.23. The van der Waals surface area contributed by atoms with Crippen LogP contribution in [0.15, 0.2) is 18.2 Å². The minimum Gasteiger partial charge on any atom is -0.391 e. The van der Waals surface area contributed by atoms with Gasteiger partial charge >= 0.3 is 0 Å². The van der Waals surface area contributed by atoms with Crippen LogP contribution in [0.5, 0.6) is 0 Å². The molecule has 1 heterocycles. The molecular formula is C10H13NO. The van der Waals surface area contributed by atoms with E-state index in [0.717, 1.165) is 6.42 Å². The minimum absolute atomic E-state index is 0.224. The second-order valence-corrected chi connectivity index (χ2v) is 3.34. The predicted octanol–water partition coefficient (Wildman–Crippen LogP) is 1.32. The highest BCUT2D eigenvalue weighted by Gasteiger charge is 2.16. The van der Waals surface area contributed by atoms with Gasteiger partial charge in [-0.2, -0.15) is 0 Å². The first-order chi connectivity index (χ1) is 5.77. The van der Waals surface area contributed by atoms with Crippen molar-refractivity contribution in [3.8, 4) is 0 Å². The highest BCUT2D eigenvalue weighted by molar-refractivity contribution is 5.56. The van der Waals surface area contributed by atoms with Crippen molar-refractivity contribution in [3.63, 3.8) is 0 Å². The number of hydrogen-bond acceptors (Lipinski definition) is 2. The van der Waals surface area contributed by atoms with Crippen molar-refractivity contribution >= 4 is 5.69 Å². The van der Waals surface area contributed by atoms with Crippen LogP contribution in [-0.4, -0.2) is 17.8 Å². The molecule has 0 saturated heterocycles. The fourth-order valence-corrected chi connectivity index (χ4v) is 1.67. The molecule has 0 saturated carbocycles. The highest BCUT2D eigenvalue weighted by Crippen LogP contribution is 2.24. The Bertz CT molecular complexity index is 296. The number of aliphatic hydroxyl groups is 1. The smallest absolute Gasteiger partial charge is 0.0753 e. The summed E-state index contributed by atoms with van der Waals surface area (Å²) < 4.78 is 0. The number of rotatable bonds is 0. The van der Waals surface area contributed by atoms with Crippen LogP contribution >= 0.6 is 0 Å². The quantitative estimate of drug-likeness (QED) is 0.604. The molecule has 0 bridgehead atoms. The van der Waals surface area contributed by atoms with Crippen LogP contribution in [0, 0.1) is 6.92 Å². The zero-order valence-corrected chi connectivity index (χ0v) is 7.17. The Kier molecular flexibility index (Phi) is 1.77. The van der Waals surface area contributed by atoms with Gasteiger partial charge in [0, 0.05) is 18.7 Å². The van der Waals surface area contributed by atoms with Gasteiger partial charge in [-0.05, 0) is 24.1 Å². The molecule has 0 aliphatic carbocycles. The van der Waals surface area contributed by atoms with Gasteiger partial charge in [0.25, 0.3) is 0 Å². The average molecular weight is 163 g/mol. The van der Waals surface area contributed by atoms with Gasteiger partial charge in [-0.3, -0.25) is 0 Å². The van der Waals surface area contributed by atoms with E-state index in [1.165, 1.54) is 16.8 Å². The third-order valence-electron chi connectivity index (χ3n) is 2.38. The first-order valence-electron chi connectivity index (χ1n) is 4.28. The maximum absolute atomic E-state index is 9.42. The zero-order valence-electron chi connectivity index (χ0n) is 7.17. The lowest BCUT2D eigenvalue weighted by Crippen LogP contribution is -2.27. The summed E-state index contributed by atoms with van der Waals surface area (Å²) in [6, 6.07) is 6.19. The maximum Gasteiger partial charge on any atom is 0.0753 e. The normalized spacial score (nSPS) is 21.3. The molecule has 0 aromatic heterocycles. The molecule has 1 atom stereocenters. The second kappa shape index (κ2) is 2.79. The van der Waals surface area contributed by atoms with Crippen LogP contribution in [0.2, 0.25) is 0 Å². The number of aliphatic hydroxyl groups excluding tert-OH is 1. The van der Waals surface area contributed by atoms with E-state index in [-0.39, 0.29) is 6.10 Å². The largest absolute Gasteiger partial charge is 0.391 e. The van der Waals surface area contributed by atoms with Crippen molar-refractivity contribution in [2.45, 2.75) is 19.4 Å². The first-order valence-corrected chi connectivity index (χ1v) is 4.28. The molecule has 0 radical (unpaired) electrons. The topological polar surface area (TPSA) is 32.3 Å². The number of aryl methyl sites for hydroxylation is 1. The van der Waals surface area contributed by atoms with Crippen LogP contribution in [0.1, 0.15) is 11.1 Å². The zero-order chi connectivity index (χ0) is 8.55. The van der Waals surface area contributed by atoms with E-state index in [4.69, 9.17) is 0 Å². The van der Waals surface area contributed by atoms with Crippen LogP contribution in [0.3, 0.4) is 0 Å². The summed E-state index contributed by atoms with van der Waals surface area (Å²) in [5, 5.41) is 12.6. The second-order valence-electron chi connectivity index (χ2n) is 3.34. The van der Waals surface area contributed by atoms with Crippen molar-refractivity contribution in [1.82, 2.24) is 0 Å². The van der Waals surface area contributed by atoms with E-state index < -0.39 is 0 Å². The molecule has 2 heteroatoms. The van der Waals surface area contributed by atoms with Crippen molar-refractivity contribution in [1.29, 1.82) is 0 Å². The Labute approximate surface area is 72.2 Å². The molecule has 1 aromatic rings. The summed E-state index contributed by atoms with van der Waals surface area (Å²) in [6.45, 7) is 2.76. The number of benzene rings is 1. The minimum atomic E-state index is -0.224. The molecule has 1 unspecified atom stereocenters. The molecular weight excluding hydrogens is 150 g/mol. The Hall–Kier alpha value is -1.02. The lowest BCUT2D eigenvalue weighted by molar-refractivity contribution is 0.184. The van der Waals surface area contributed by atoms with Crippen LogP contribution in [0.25, 0.3) is 0 Å². The molecule has 1 aromatic carbocycles. The molecule has 0 amide bonds. The molecule has 0 fully saturated rings. The molecule has 1 aliphatic heterocycles. The van der Waals surface area contributed by atoms with Gasteiger partial charge in [-0.15, -0.1) is 0 Å². The number of nitrogens with one attached hydrogen (secondary N) is 1. The summed E-state index contributed by atoms with van der Waals surface area (Å²) in [4.78, 5) is 0. The van der Waals surface area contributed by atoms with Crippen molar-refractivity contribution < 1.29 is 5.11 Å². The van der Waals surface area contributed by atoms with Gasteiger partial charge in [0.05, 0.1) is 6.10 Å². The molecule has 0 spiro atoms. The summed E-state index contributed by atoms with van der Waals surface area (Å²) in [6.07, 6.45) is 0.563. The number of hydrogen-bond donors (Lipinski definition) is 2. The fraction of sp³-hybridized carbons (Fsp3) is 0.400. The maximum atomic E-state index is 9.42. The summed E-state index contributed by atoms with van der Waals surface area (Å²) >= 11 is 0.